The van der Waals surface area contributed by atoms with E-state index in [-0.39, 0.29) is 6.10 Å². The third-order valence-electron chi connectivity index (χ3n) is 3.15. The summed E-state index contributed by atoms with van der Waals surface area (Å²) in [5, 5.41) is 12.9. The summed E-state index contributed by atoms with van der Waals surface area (Å²) in [5.74, 6) is 0. The Kier molecular flexibility index (Phi) is 5.45. The predicted octanol–water partition coefficient (Wildman–Crippen LogP) is 0.831. The normalized spacial score (nSPS) is 22.5. The molecule has 1 aliphatic rings. The molecule has 2 N–H and O–H groups in total. The van der Waals surface area contributed by atoms with Gasteiger partial charge >= 0.3 is 0 Å². The number of nitrogens with one attached hydrogen (secondary N) is 1. The minimum Gasteiger partial charge on any atom is -0.392 e. The molecule has 1 atom stereocenters. The van der Waals surface area contributed by atoms with Gasteiger partial charge in [0.2, 0.25) is 0 Å². The van der Waals surface area contributed by atoms with E-state index in [2.05, 4.69) is 17.1 Å². The van der Waals surface area contributed by atoms with E-state index in [9.17, 15) is 5.11 Å². The number of nitrogens with zero attached hydrogens (tertiary/aromatic N) is 1. The maximum absolute atomic E-state index is 9.41. The summed E-state index contributed by atoms with van der Waals surface area (Å²) in [5.41, 5.74) is 0. The molecule has 0 aliphatic carbocycles. The number of rotatable bonds is 5. The van der Waals surface area contributed by atoms with Crippen LogP contribution in [0.4, 0.5) is 0 Å². The quantitative estimate of drug-likeness (QED) is 0.690. The summed E-state index contributed by atoms with van der Waals surface area (Å²) < 4.78 is 0. The van der Waals surface area contributed by atoms with E-state index in [0.717, 1.165) is 13.0 Å². The highest BCUT2D eigenvalue weighted by Crippen LogP contribution is 2.09. The maximum Gasteiger partial charge on any atom is 0.0662 e. The van der Waals surface area contributed by atoms with E-state index in [4.69, 9.17) is 0 Å². The van der Waals surface area contributed by atoms with Crippen molar-refractivity contribution < 1.29 is 5.11 Å². The zero-order valence-corrected chi connectivity index (χ0v) is 9.50. The molecule has 1 fully saturated rings. The summed E-state index contributed by atoms with van der Waals surface area (Å²) in [6, 6.07) is 0.624. The summed E-state index contributed by atoms with van der Waals surface area (Å²) in [6.07, 6.45) is 3.13. The minimum atomic E-state index is -0.167. The summed E-state index contributed by atoms with van der Waals surface area (Å²) >= 11 is 0. The van der Waals surface area contributed by atoms with Crippen molar-refractivity contribution in [3.63, 3.8) is 0 Å². The molecular weight excluding hydrogens is 176 g/mol. The molecule has 14 heavy (non-hydrogen) atoms. The van der Waals surface area contributed by atoms with Gasteiger partial charge in [0.15, 0.2) is 0 Å². The molecule has 0 spiro atoms. The molecule has 0 aromatic carbocycles. The van der Waals surface area contributed by atoms with Crippen LogP contribution in [0.3, 0.4) is 0 Å². The van der Waals surface area contributed by atoms with Crippen molar-refractivity contribution in [1.82, 2.24) is 10.2 Å². The van der Waals surface area contributed by atoms with Crippen molar-refractivity contribution in [3.8, 4) is 0 Å². The highest BCUT2D eigenvalue weighted by molar-refractivity contribution is 4.77. The molecule has 0 amide bonds. The fourth-order valence-electron chi connectivity index (χ4n) is 1.90. The van der Waals surface area contributed by atoms with Crippen molar-refractivity contribution in [2.75, 3.05) is 26.2 Å². The molecule has 1 unspecified atom stereocenters. The Labute approximate surface area is 87.5 Å². The number of aliphatic hydroxyl groups is 1. The molecule has 0 bridgehead atoms. The summed E-state index contributed by atoms with van der Waals surface area (Å²) in [4.78, 5) is 2.48. The van der Waals surface area contributed by atoms with Gasteiger partial charge in [-0.05, 0) is 38.9 Å². The summed E-state index contributed by atoms with van der Waals surface area (Å²) in [7, 11) is 0. The van der Waals surface area contributed by atoms with Crippen LogP contribution in [-0.4, -0.2) is 48.3 Å². The average molecular weight is 200 g/mol. The van der Waals surface area contributed by atoms with E-state index >= 15 is 0 Å². The van der Waals surface area contributed by atoms with Crippen LogP contribution >= 0.6 is 0 Å². The van der Waals surface area contributed by atoms with Crippen molar-refractivity contribution in [2.45, 2.75) is 45.3 Å². The second-order valence-corrected chi connectivity index (χ2v) is 4.18. The first kappa shape index (κ1) is 12.0. The molecule has 1 heterocycles. The van der Waals surface area contributed by atoms with Crippen molar-refractivity contribution >= 4 is 0 Å². The topological polar surface area (TPSA) is 35.5 Å². The number of aliphatic hydroxyl groups excluding tert-OH is 1. The molecule has 0 radical (unpaired) electrons. The number of hydrogen-bond acceptors (Lipinski definition) is 3. The molecule has 0 aromatic rings. The lowest BCUT2D eigenvalue weighted by Crippen LogP contribution is -2.44. The van der Waals surface area contributed by atoms with Gasteiger partial charge in [-0.2, -0.15) is 0 Å². The van der Waals surface area contributed by atoms with Crippen LogP contribution in [0.2, 0.25) is 0 Å². The van der Waals surface area contributed by atoms with E-state index in [1.807, 2.05) is 6.92 Å². The molecule has 3 heteroatoms. The first-order valence-corrected chi connectivity index (χ1v) is 5.90. The second-order valence-electron chi connectivity index (χ2n) is 4.18. The smallest absolute Gasteiger partial charge is 0.0662 e. The largest absolute Gasteiger partial charge is 0.392 e. The van der Waals surface area contributed by atoms with Gasteiger partial charge in [-0.15, -0.1) is 0 Å². The lowest BCUT2D eigenvalue weighted by Gasteiger charge is -2.32. The van der Waals surface area contributed by atoms with Crippen LogP contribution in [0.25, 0.3) is 0 Å². The van der Waals surface area contributed by atoms with E-state index in [0.29, 0.717) is 6.04 Å². The molecular formula is C11H24N2O. The zero-order chi connectivity index (χ0) is 10.4. The highest BCUT2D eigenvalue weighted by atomic mass is 16.3. The van der Waals surface area contributed by atoms with Crippen LogP contribution in [0.1, 0.15) is 33.1 Å². The van der Waals surface area contributed by atoms with Gasteiger partial charge in [0.25, 0.3) is 0 Å². The van der Waals surface area contributed by atoms with Gasteiger partial charge in [0.1, 0.15) is 0 Å². The predicted molar refractivity (Wildman–Crippen MR) is 59.4 cm³/mol. The average Bonchev–Trinajstić information content (AvgIpc) is 2.26. The molecule has 0 aromatic heterocycles. The van der Waals surface area contributed by atoms with E-state index in [1.54, 1.807) is 0 Å². The Bertz CT molecular complexity index is 144. The first-order chi connectivity index (χ1) is 6.76. The number of piperidine rings is 1. The fourth-order valence-corrected chi connectivity index (χ4v) is 1.90. The minimum absolute atomic E-state index is 0.167. The third-order valence-corrected chi connectivity index (χ3v) is 3.15. The zero-order valence-electron chi connectivity index (χ0n) is 9.50. The van der Waals surface area contributed by atoms with Crippen molar-refractivity contribution in [3.05, 3.63) is 0 Å². The number of hydrogen-bond donors (Lipinski definition) is 2. The van der Waals surface area contributed by atoms with Crippen LogP contribution in [0.5, 0.6) is 0 Å². The van der Waals surface area contributed by atoms with Crippen molar-refractivity contribution in [1.29, 1.82) is 0 Å². The van der Waals surface area contributed by atoms with Gasteiger partial charge in [-0.3, -0.25) is 0 Å². The Morgan fingerprint density at radius 2 is 2.00 bits per heavy atom. The molecule has 84 valence electrons. The van der Waals surface area contributed by atoms with Crippen LogP contribution < -0.4 is 5.32 Å². The second kappa shape index (κ2) is 6.38. The highest BCUT2D eigenvalue weighted by Gasteiger charge is 2.17. The Balaban J connectivity index is 2.10. The number of likely N-dealkylation sites (tertiary alicyclic amines) is 1. The lowest BCUT2D eigenvalue weighted by atomic mass is 10.0. The Hall–Kier alpha value is -0.120. The van der Waals surface area contributed by atoms with E-state index in [1.165, 1.54) is 32.5 Å². The molecule has 0 saturated carbocycles. The monoisotopic (exact) mass is 200 g/mol. The van der Waals surface area contributed by atoms with Gasteiger partial charge in [-0.1, -0.05) is 13.8 Å². The third kappa shape index (κ3) is 3.95. The first-order valence-electron chi connectivity index (χ1n) is 5.90. The Morgan fingerprint density at radius 1 is 1.36 bits per heavy atom. The standard InChI is InChI=1S/C11H24N2O/c1-3-11(14)9-12-10-5-7-13(4-2)8-6-10/h10-12,14H,3-9H2,1-2H3. The molecule has 1 saturated heterocycles. The Morgan fingerprint density at radius 3 is 2.50 bits per heavy atom. The molecule has 3 nitrogen and oxygen atoms in total. The summed E-state index contributed by atoms with van der Waals surface area (Å²) in [6.45, 7) is 8.57. The van der Waals surface area contributed by atoms with Gasteiger partial charge in [0.05, 0.1) is 6.10 Å². The SMILES string of the molecule is CCC(O)CNC1CCN(CC)CC1. The van der Waals surface area contributed by atoms with Gasteiger partial charge in [0, 0.05) is 12.6 Å². The van der Waals surface area contributed by atoms with Crippen molar-refractivity contribution in [2.24, 2.45) is 0 Å². The molecule has 1 rings (SSSR count). The fraction of sp³-hybridized carbons (Fsp3) is 1.00. The maximum atomic E-state index is 9.41. The molecule has 1 aliphatic heterocycles. The van der Waals surface area contributed by atoms with Crippen LogP contribution in [0.15, 0.2) is 0 Å². The van der Waals surface area contributed by atoms with Crippen LogP contribution in [-0.2, 0) is 0 Å². The lowest BCUT2D eigenvalue weighted by molar-refractivity contribution is 0.148. The van der Waals surface area contributed by atoms with Gasteiger partial charge < -0.3 is 15.3 Å². The van der Waals surface area contributed by atoms with Gasteiger partial charge in [-0.25, -0.2) is 0 Å². The van der Waals surface area contributed by atoms with Crippen LogP contribution in [0, 0.1) is 0 Å². The van der Waals surface area contributed by atoms with E-state index < -0.39 is 0 Å².